The largest absolute Gasteiger partial charge is 0.381 e. The maximum Gasteiger partial charge on any atom is 0.143 e. The summed E-state index contributed by atoms with van der Waals surface area (Å²) in [6.45, 7) is 5.06. The lowest BCUT2D eigenvalue weighted by molar-refractivity contribution is 0.789. The minimum Gasteiger partial charge on any atom is -0.381 e. The van der Waals surface area contributed by atoms with Crippen molar-refractivity contribution in [1.29, 1.82) is 0 Å². The molecule has 3 rings (SSSR count). The Morgan fingerprint density at radius 1 is 1.05 bits per heavy atom. The van der Waals surface area contributed by atoms with E-state index in [1.54, 1.807) is 11.0 Å². The first-order valence-electron chi connectivity index (χ1n) is 6.86. The molecule has 0 amide bonds. The van der Waals surface area contributed by atoms with Crippen LogP contribution in [0.5, 0.6) is 0 Å². The fraction of sp³-hybridized carbons (Fsp3) is 0.188. The lowest BCUT2D eigenvalue weighted by Crippen LogP contribution is -2.02. The number of tetrazole rings is 1. The SMILES string of the molecule is Cc1ccc(CNc2cccc(-n3cnnn3)c2)cc1C. The number of benzene rings is 2. The lowest BCUT2D eigenvalue weighted by Gasteiger charge is -2.09. The van der Waals surface area contributed by atoms with Crippen LogP contribution in [-0.4, -0.2) is 20.2 Å². The van der Waals surface area contributed by atoms with Crippen molar-refractivity contribution in [2.75, 3.05) is 5.32 Å². The highest BCUT2D eigenvalue weighted by atomic mass is 15.5. The van der Waals surface area contributed by atoms with E-state index in [4.69, 9.17) is 0 Å². The summed E-state index contributed by atoms with van der Waals surface area (Å²) in [6, 6.07) is 14.5. The molecule has 2 aromatic carbocycles. The second kappa shape index (κ2) is 5.75. The van der Waals surface area contributed by atoms with Crippen LogP contribution >= 0.6 is 0 Å². The van der Waals surface area contributed by atoms with Crippen molar-refractivity contribution in [3.63, 3.8) is 0 Å². The van der Waals surface area contributed by atoms with E-state index in [0.29, 0.717) is 0 Å². The first kappa shape index (κ1) is 13.3. The van der Waals surface area contributed by atoms with E-state index in [1.165, 1.54) is 16.7 Å². The molecule has 3 aromatic rings. The molecule has 0 radical (unpaired) electrons. The van der Waals surface area contributed by atoms with Gasteiger partial charge in [0.25, 0.3) is 0 Å². The van der Waals surface area contributed by atoms with Crippen LogP contribution in [0.25, 0.3) is 5.69 Å². The van der Waals surface area contributed by atoms with E-state index < -0.39 is 0 Å². The number of nitrogens with zero attached hydrogens (tertiary/aromatic N) is 4. The molecule has 0 atom stereocenters. The first-order chi connectivity index (χ1) is 10.2. The molecule has 0 saturated carbocycles. The zero-order chi connectivity index (χ0) is 14.7. The van der Waals surface area contributed by atoms with E-state index in [0.717, 1.165) is 17.9 Å². The van der Waals surface area contributed by atoms with Crippen LogP contribution in [0, 0.1) is 13.8 Å². The molecule has 1 aromatic heterocycles. The number of rotatable bonds is 4. The Morgan fingerprint density at radius 3 is 2.71 bits per heavy atom. The molecule has 0 saturated heterocycles. The number of aryl methyl sites for hydroxylation is 2. The number of nitrogens with one attached hydrogen (secondary N) is 1. The molecule has 5 heteroatoms. The van der Waals surface area contributed by atoms with Crippen molar-refractivity contribution in [2.45, 2.75) is 20.4 Å². The van der Waals surface area contributed by atoms with Crippen LogP contribution in [0.15, 0.2) is 48.8 Å². The van der Waals surface area contributed by atoms with Crippen molar-refractivity contribution in [2.24, 2.45) is 0 Å². The van der Waals surface area contributed by atoms with E-state index >= 15 is 0 Å². The standard InChI is InChI=1S/C16H17N5/c1-12-6-7-14(8-13(12)2)10-17-15-4-3-5-16(9-15)21-11-18-19-20-21/h3-9,11,17H,10H2,1-2H3. The molecule has 0 fully saturated rings. The second-order valence-corrected chi connectivity index (χ2v) is 5.08. The van der Waals surface area contributed by atoms with Gasteiger partial charge in [0, 0.05) is 12.2 Å². The fourth-order valence-corrected chi connectivity index (χ4v) is 2.16. The zero-order valence-electron chi connectivity index (χ0n) is 12.1. The minimum absolute atomic E-state index is 0.792. The van der Waals surface area contributed by atoms with Crippen molar-refractivity contribution >= 4 is 5.69 Å². The predicted octanol–water partition coefficient (Wildman–Crippen LogP) is 2.89. The van der Waals surface area contributed by atoms with Crippen molar-refractivity contribution in [3.8, 4) is 5.69 Å². The predicted molar refractivity (Wildman–Crippen MR) is 82.4 cm³/mol. The van der Waals surface area contributed by atoms with Gasteiger partial charge >= 0.3 is 0 Å². The van der Waals surface area contributed by atoms with Gasteiger partial charge in [-0.15, -0.1) is 5.10 Å². The average molecular weight is 279 g/mol. The summed E-state index contributed by atoms with van der Waals surface area (Å²) >= 11 is 0. The molecular formula is C16H17N5. The summed E-state index contributed by atoms with van der Waals surface area (Å²) < 4.78 is 1.64. The molecule has 1 N–H and O–H groups in total. The summed E-state index contributed by atoms with van der Waals surface area (Å²) in [7, 11) is 0. The smallest absolute Gasteiger partial charge is 0.143 e. The van der Waals surface area contributed by atoms with E-state index in [-0.39, 0.29) is 0 Å². The van der Waals surface area contributed by atoms with E-state index in [1.807, 2.05) is 24.3 Å². The van der Waals surface area contributed by atoms with Crippen LogP contribution in [0.2, 0.25) is 0 Å². The summed E-state index contributed by atoms with van der Waals surface area (Å²) in [4.78, 5) is 0. The molecule has 0 spiro atoms. The van der Waals surface area contributed by atoms with Gasteiger partial charge in [0.15, 0.2) is 0 Å². The Bertz CT molecular complexity index is 734. The topological polar surface area (TPSA) is 55.6 Å². The van der Waals surface area contributed by atoms with Gasteiger partial charge in [-0.1, -0.05) is 24.3 Å². The Balaban J connectivity index is 1.73. The Hall–Kier alpha value is -2.69. The maximum absolute atomic E-state index is 3.89. The molecular weight excluding hydrogens is 262 g/mol. The summed E-state index contributed by atoms with van der Waals surface area (Å²) in [5.41, 5.74) is 5.88. The van der Waals surface area contributed by atoms with Gasteiger partial charge < -0.3 is 5.32 Å². The molecule has 0 aliphatic carbocycles. The molecule has 21 heavy (non-hydrogen) atoms. The van der Waals surface area contributed by atoms with Gasteiger partial charge in [-0.25, -0.2) is 4.68 Å². The van der Waals surface area contributed by atoms with Crippen LogP contribution in [0.4, 0.5) is 5.69 Å². The van der Waals surface area contributed by atoms with E-state index in [9.17, 15) is 0 Å². The molecule has 106 valence electrons. The van der Waals surface area contributed by atoms with Gasteiger partial charge in [-0.05, 0) is 59.2 Å². The molecule has 0 bridgehead atoms. The minimum atomic E-state index is 0.792. The number of aromatic nitrogens is 4. The molecule has 1 heterocycles. The highest BCUT2D eigenvalue weighted by Gasteiger charge is 2.01. The highest BCUT2D eigenvalue weighted by molar-refractivity contribution is 5.51. The van der Waals surface area contributed by atoms with Crippen molar-refractivity contribution in [1.82, 2.24) is 20.2 Å². The monoisotopic (exact) mass is 279 g/mol. The third-order valence-corrected chi connectivity index (χ3v) is 3.53. The summed E-state index contributed by atoms with van der Waals surface area (Å²) in [6.07, 6.45) is 1.59. The molecule has 0 unspecified atom stereocenters. The number of hydrogen-bond acceptors (Lipinski definition) is 4. The number of hydrogen-bond donors (Lipinski definition) is 1. The Kier molecular flexibility index (Phi) is 3.64. The molecule has 5 nitrogen and oxygen atoms in total. The van der Waals surface area contributed by atoms with Gasteiger partial charge in [-0.2, -0.15) is 0 Å². The normalized spacial score (nSPS) is 10.6. The summed E-state index contributed by atoms with van der Waals surface area (Å²) in [5, 5.41) is 14.6. The third kappa shape index (κ3) is 3.08. The molecule has 0 aliphatic heterocycles. The van der Waals surface area contributed by atoms with Crippen molar-refractivity contribution < 1.29 is 0 Å². The van der Waals surface area contributed by atoms with Gasteiger partial charge in [0.2, 0.25) is 0 Å². The Morgan fingerprint density at radius 2 is 1.95 bits per heavy atom. The van der Waals surface area contributed by atoms with Crippen LogP contribution in [0.1, 0.15) is 16.7 Å². The summed E-state index contributed by atoms with van der Waals surface area (Å²) in [5.74, 6) is 0. The average Bonchev–Trinajstić information content (AvgIpc) is 3.03. The van der Waals surface area contributed by atoms with Crippen LogP contribution < -0.4 is 5.32 Å². The van der Waals surface area contributed by atoms with Gasteiger partial charge in [0.1, 0.15) is 6.33 Å². The third-order valence-electron chi connectivity index (χ3n) is 3.53. The maximum atomic E-state index is 3.89. The highest BCUT2D eigenvalue weighted by Crippen LogP contribution is 2.15. The Labute approximate surface area is 123 Å². The zero-order valence-corrected chi connectivity index (χ0v) is 12.1. The number of anilines is 1. The van der Waals surface area contributed by atoms with E-state index in [2.05, 4.69) is 52.9 Å². The molecule has 0 aliphatic rings. The quantitative estimate of drug-likeness (QED) is 0.798. The lowest BCUT2D eigenvalue weighted by atomic mass is 10.1. The van der Waals surface area contributed by atoms with Crippen LogP contribution in [0.3, 0.4) is 0 Å². The van der Waals surface area contributed by atoms with Crippen LogP contribution in [-0.2, 0) is 6.54 Å². The first-order valence-corrected chi connectivity index (χ1v) is 6.86. The van der Waals surface area contributed by atoms with Gasteiger partial charge in [0.05, 0.1) is 5.69 Å². The van der Waals surface area contributed by atoms with Crippen molar-refractivity contribution in [3.05, 3.63) is 65.5 Å². The van der Waals surface area contributed by atoms with Gasteiger partial charge in [-0.3, -0.25) is 0 Å². The fourth-order valence-electron chi connectivity index (χ4n) is 2.16. The second-order valence-electron chi connectivity index (χ2n) is 5.08.